The highest BCUT2D eigenvalue weighted by Crippen LogP contribution is 2.17. The molecule has 0 saturated carbocycles. The van der Waals surface area contributed by atoms with E-state index in [-0.39, 0.29) is 13.0 Å². The molecule has 0 rings (SSSR count). The number of ether oxygens (including phenoxy) is 2. The highest BCUT2D eigenvalue weighted by molar-refractivity contribution is 7.86. The number of esters is 1. The molecule has 0 amide bonds. The van der Waals surface area contributed by atoms with Crippen molar-refractivity contribution in [2.75, 3.05) is 6.61 Å². The van der Waals surface area contributed by atoms with Crippen molar-refractivity contribution in [3.05, 3.63) is 12.2 Å². The van der Waals surface area contributed by atoms with Gasteiger partial charge in [-0.15, -0.1) is 0 Å². The van der Waals surface area contributed by atoms with Gasteiger partial charge in [0.25, 0.3) is 10.1 Å². The average molecular weight is 308 g/mol. The van der Waals surface area contributed by atoms with Gasteiger partial charge in [0.1, 0.15) is 0 Å². The van der Waals surface area contributed by atoms with Gasteiger partial charge in [-0.3, -0.25) is 9.35 Å². The Morgan fingerprint density at radius 3 is 2.35 bits per heavy atom. The zero-order valence-corrected chi connectivity index (χ0v) is 13.3. The molecule has 0 spiro atoms. The van der Waals surface area contributed by atoms with Gasteiger partial charge in [0.05, 0.1) is 18.3 Å². The first-order chi connectivity index (χ1) is 8.98. The Balaban J connectivity index is 4.56. The van der Waals surface area contributed by atoms with Gasteiger partial charge < -0.3 is 9.47 Å². The Kier molecular flexibility index (Phi) is 7.40. The van der Waals surface area contributed by atoms with Gasteiger partial charge in [0.15, 0.2) is 0 Å². The van der Waals surface area contributed by atoms with E-state index in [0.29, 0.717) is 6.42 Å². The molecule has 0 aliphatic carbocycles. The summed E-state index contributed by atoms with van der Waals surface area (Å²) in [6, 6.07) is 0. The van der Waals surface area contributed by atoms with Crippen LogP contribution < -0.4 is 0 Å². The van der Waals surface area contributed by atoms with Gasteiger partial charge in [-0.25, -0.2) is 0 Å². The first-order valence-electron chi connectivity index (χ1n) is 6.44. The van der Waals surface area contributed by atoms with E-state index in [1.807, 2.05) is 0 Å². The summed E-state index contributed by atoms with van der Waals surface area (Å²) in [5.74, 6) is -1.90. The van der Waals surface area contributed by atoms with E-state index in [9.17, 15) is 13.2 Å². The Bertz CT molecular complexity index is 438. The van der Waals surface area contributed by atoms with Crippen LogP contribution in [0.25, 0.3) is 0 Å². The molecule has 0 radical (unpaired) electrons. The smallest absolute Gasteiger partial charge is 0.309 e. The third-order valence-electron chi connectivity index (χ3n) is 2.45. The van der Waals surface area contributed by atoms with Crippen molar-refractivity contribution in [3.8, 4) is 0 Å². The lowest BCUT2D eigenvalue weighted by Crippen LogP contribution is -2.34. The molecule has 7 heteroatoms. The summed E-state index contributed by atoms with van der Waals surface area (Å²) in [5.41, 5.74) is 0.774. The van der Waals surface area contributed by atoms with Crippen molar-refractivity contribution in [1.82, 2.24) is 0 Å². The van der Waals surface area contributed by atoms with Crippen molar-refractivity contribution in [2.45, 2.75) is 58.0 Å². The molecule has 118 valence electrons. The lowest BCUT2D eigenvalue weighted by molar-refractivity contribution is -0.212. The van der Waals surface area contributed by atoms with Crippen LogP contribution >= 0.6 is 0 Å². The number of rotatable bonds is 9. The highest BCUT2D eigenvalue weighted by atomic mass is 32.2. The summed E-state index contributed by atoms with van der Waals surface area (Å²) in [6.07, 6.45) is 0.334. The molecular formula is C13H24O6S. The van der Waals surface area contributed by atoms with Crippen LogP contribution in [-0.4, -0.2) is 36.6 Å². The number of hydrogen-bond donors (Lipinski definition) is 1. The van der Waals surface area contributed by atoms with Crippen LogP contribution in [0.1, 0.15) is 47.0 Å². The van der Waals surface area contributed by atoms with E-state index < -0.39 is 33.5 Å². The summed E-state index contributed by atoms with van der Waals surface area (Å²) in [5, 5.41) is -1.14. The molecule has 1 N–H and O–H groups in total. The monoisotopic (exact) mass is 308 g/mol. The Labute approximate surface area is 120 Å². The Hall–Kier alpha value is -0.920. The second-order valence-corrected chi connectivity index (χ2v) is 6.95. The zero-order chi connectivity index (χ0) is 16.0. The summed E-state index contributed by atoms with van der Waals surface area (Å²) in [6.45, 7) is 10.5. The van der Waals surface area contributed by atoms with E-state index in [4.69, 9.17) is 14.0 Å². The quantitative estimate of drug-likeness (QED) is 0.304. The second kappa shape index (κ2) is 7.75. The number of hydrogen-bond acceptors (Lipinski definition) is 5. The lowest BCUT2D eigenvalue weighted by Gasteiger charge is -2.26. The van der Waals surface area contributed by atoms with Crippen molar-refractivity contribution in [3.63, 3.8) is 0 Å². The molecule has 0 aromatic heterocycles. The van der Waals surface area contributed by atoms with Crippen LogP contribution in [0.2, 0.25) is 0 Å². The average Bonchev–Trinajstić information content (AvgIpc) is 2.24. The number of carbonyl (C=O) groups is 1. The van der Waals surface area contributed by atoms with Crippen LogP contribution in [0.15, 0.2) is 12.2 Å². The Morgan fingerprint density at radius 2 is 1.95 bits per heavy atom. The fourth-order valence-electron chi connectivity index (χ4n) is 1.51. The Morgan fingerprint density at radius 1 is 1.40 bits per heavy atom. The van der Waals surface area contributed by atoms with E-state index >= 15 is 0 Å². The molecule has 0 aromatic rings. The summed E-state index contributed by atoms with van der Waals surface area (Å²) >= 11 is 0. The topological polar surface area (TPSA) is 89.9 Å². The van der Waals surface area contributed by atoms with Gasteiger partial charge in [-0.2, -0.15) is 8.42 Å². The summed E-state index contributed by atoms with van der Waals surface area (Å²) < 4.78 is 41.8. The van der Waals surface area contributed by atoms with Crippen molar-refractivity contribution < 1.29 is 27.2 Å². The normalized spacial score (nSPS) is 13.8. The van der Waals surface area contributed by atoms with Crippen LogP contribution in [0.5, 0.6) is 0 Å². The molecule has 0 aromatic carbocycles. The van der Waals surface area contributed by atoms with Gasteiger partial charge >= 0.3 is 5.97 Å². The van der Waals surface area contributed by atoms with Crippen molar-refractivity contribution in [2.24, 2.45) is 0 Å². The maximum Gasteiger partial charge on any atom is 0.309 e. The van der Waals surface area contributed by atoms with E-state index in [1.54, 1.807) is 27.7 Å². The molecule has 0 bridgehead atoms. The first-order valence-corrected chi connectivity index (χ1v) is 7.94. The van der Waals surface area contributed by atoms with Gasteiger partial charge in [0, 0.05) is 13.8 Å². The van der Waals surface area contributed by atoms with Gasteiger partial charge in [0.2, 0.25) is 5.79 Å². The first kappa shape index (κ1) is 19.1. The third kappa shape index (κ3) is 8.29. The second-order valence-electron chi connectivity index (χ2n) is 5.25. The van der Waals surface area contributed by atoms with Gasteiger partial charge in [-0.1, -0.05) is 25.5 Å². The molecule has 0 aliphatic heterocycles. The van der Waals surface area contributed by atoms with E-state index in [0.717, 1.165) is 5.57 Å². The predicted molar refractivity (Wildman–Crippen MR) is 75.8 cm³/mol. The minimum atomic E-state index is -4.26. The number of carbonyl (C=O) groups excluding carboxylic acids is 1. The lowest BCUT2D eigenvalue weighted by atomic mass is 10.2. The van der Waals surface area contributed by atoms with Crippen LogP contribution in [0, 0.1) is 0 Å². The molecule has 0 saturated heterocycles. The molecular weight excluding hydrogens is 284 g/mol. The standard InChI is InChI=1S/C13H24O6S/c1-6-7-11(20(15,16)17)8-12(14)19-13(4,5)18-9-10(2)3/h11H,2,6-9H2,1,3-5H3,(H,15,16,17). The van der Waals surface area contributed by atoms with Crippen molar-refractivity contribution >= 4 is 16.1 Å². The molecule has 20 heavy (non-hydrogen) atoms. The van der Waals surface area contributed by atoms with Crippen LogP contribution in [0.4, 0.5) is 0 Å². The predicted octanol–water partition coefficient (Wildman–Crippen LogP) is 2.31. The minimum Gasteiger partial charge on any atom is -0.434 e. The fourth-order valence-corrected chi connectivity index (χ4v) is 2.39. The third-order valence-corrected chi connectivity index (χ3v) is 3.70. The largest absolute Gasteiger partial charge is 0.434 e. The molecule has 6 nitrogen and oxygen atoms in total. The molecule has 0 heterocycles. The fraction of sp³-hybridized carbons (Fsp3) is 0.769. The van der Waals surface area contributed by atoms with E-state index in [2.05, 4.69) is 6.58 Å². The SMILES string of the molecule is C=C(C)COC(C)(C)OC(=O)CC(CCC)S(=O)(=O)O. The van der Waals surface area contributed by atoms with Crippen LogP contribution in [-0.2, 0) is 24.4 Å². The van der Waals surface area contributed by atoms with Gasteiger partial charge in [-0.05, 0) is 13.3 Å². The maximum atomic E-state index is 11.7. The molecule has 0 aliphatic rings. The molecule has 0 fully saturated rings. The van der Waals surface area contributed by atoms with Crippen molar-refractivity contribution in [1.29, 1.82) is 0 Å². The minimum absolute atomic E-state index is 0.195. The maximum absolute atomic E-state index is 11.7. The van der Waals surface area contributed by atoms with E-state index in [1.165, 1.54) is 0 Å². The molecule has 1 atom stereocenters. The summed E-state index contributed by atoms with van der Waals surface area (Å²) in [7, 11) is -4.26. The zero-order valence-electron chi connectivity index (χ0n) is 12.5. The summed E-state index contributed by atoms with van der Waals surface area (Å²) in [4.78, 5) is 11.7. The van der Waals surface area contributed by atoms with Crippen LogP contribution in [0.3, 0.4) is 0 Å². The molecule has 1 unspecified atom stereocenters. The highest BCUT2D eigenvalue weighted by Gasteiger charge is 2.30.